The number of nitrogens with one attached hydrogen (secondary N) is 1. The van der Waals surface area contributed by atoms with Crippen LogP contribution >= 0.6 is 0 Å². The smallest absolute Gasteiger partial charge is 0.358 e. The monoisotopic (exact) mass is 253 g/mol. The van der Waals surface area contributed by atoms with Gasteiger partial charge in [0.1, 0.15) is 0 Å². The molecule has 0 bridgehead atoms. The number of aromatic carboxylic acids is 1. The maximum atomic E-state index is 10.6. The van der Waals surface area contributed by atoms with E-state index < -0.39 is 5.97 Å². The Morgan fingerprint density at radius 2 is 2.50 bits per heavy atom. The standard InChI is InChI=1S/C11H19N5O2/c1-15-4-2-9(7-15)6-12-3-5-16-8-10(11(17)18)13-14-16/h8-9,12H,2-7H2,1H3,(H,17,18). The molecule has 0 radical (unpaired) electrons. The van der Waals surface area contributed by atoms with Gasteiger partial charge in [-0.1, -0.05) is 5.21 Å². The molecule has 1 aromatic heterocycles. The Balaban J connectivity index is 1.64. The number of nitrogens with zero attached hydrogens (tertiary/aromatic N) is 4. The van der Waals surface area contributed by atoms with Crippen LogP contribution in [0.15, 0.2) is 6.20 Å². The van der Waals surface area contributed by atoms with Crippen LogP contribution in [0.2, 0.25) is 0 Å². The summed E-state index contributed by atoms with van der Waals surface area (Å²) in [6.45, 7) is 4.76. The van der Waals surface area contributed by atoms with Gasteiger partial charge >= 0.3 is 5.97 Å². The van der Waals surface area contributed by atoms with Crippen molar-refractivity contribution in [3.63, 3.8) is 0 Å². The van der Waals surface area contributed by atoms with Crippen LogP contribution in [0.25, 0.3) is 0 Å². The summed E-state index contributed by atoms with van der Waals surface area (Å²) in [7, 11) is 2.14. The number of carboxylic acids is 1. The molecule has 7 nitrogen and oxygen atoms in total. The zero-order valence-electron chi connectivity index (χ0n) is 10.5. The van der Waals surface area contributed by atoms with Gasteiger partial charge in [-0.3, -0.25) is 4.68 Å². The number of carboxylic acid groups (broad SMARTS) is 1. The fourth-order valence-electron chi connectivity index (χ4n) is 2.20. The van der Waals surface area contributed by atoms with Crippen molar-refractivity contribution < 1.29 is 9.90 Å². The molecule has 0 saturated carbocycles. The SMILES string of the molecule is CN1CCC(CNCCn2cc(C(=O)O)nn2)C1. The number of carbonyl (C=O) groups is 1. The Hall–Kier alpha value is -1.47. The Morgan fingerprint density at radius 1 is 1.67 bits per heavy atom. The van der Waals surface area contributed by atoms with Crippen molar-refractivity contribution in [3.05, 3.63) is 11.9 Å². The van der Waals surface area contributed by atoms with E-state index in [-0.39, 0.29) is 5.69 Å². The van der Waals surface area contributed by atoms with Gasteiger partial charge < -0.3 is 15.3 Å². The van der Waals surface area contributed by atoms with Gasteiger partial charge in [-0.05, 0) is 32.5 Å². The molecule has 7 heteroatoms. The molecule has 1 saturated heterocycles. The van der Waals surface area contributed by atoms with Gasteiger partial charge in [-0.25, -0.2) is 4.79 Å². The molecule has 0 aromatic carbocycles. The fourth-order valence-corrected chi connectivity index (χ4v) is 2.20. The molecule has 1 atom stereocenters. The number of hydrogen-bond donors (Lipinski definition) is 2. The summed E-state index contributed by atoms with van der Waals surface area (Å²) in [6, 6.07) is 0. The average molecular weight is 253 g/mol. The predicted octanol–water partition coefficient (Wildman–Crippen LogP) is -0.482. The Labute approximate surface area is 106 Å². The minimum atomic E-state index is -1.04. The van der Waals surface area contributed by atoms with Crippen LogP contribution in [0, 0.1) is 5.92 Å². The summed E-state index contributed by atoms with van der Waals surface area (Å²) in [5.41, 5.74) is -0.00702. The van der Waals surface area contributed by atoms with E-state index in [9.17, 15) is 4.79 Å². The minimum Gasteiger partial charge on any atom is -0.476 e. The second kappa shape index (κ2) is 5.92. The molecule has 0 amide bonds. The predicted molar refractivity (Wildman–Crippen MR) is 65.5 cm³/mol. The zero-order chi connectivity index (χ0) is 13.0. The largest absolute Gasteiger partial charge is 0.476 e. The second-order valence-electron chi connectivity index (χ2n) is 4.79. The molecule has 1 aliphatic heterocycles. The number of rotatable bonds is 6. The van der Waals surface area contributed by atoms with Gasteiger partial charge in [-0.15, -0.1) is 5.10 Å². The van der Waals surface area contributed by atoms with Crippen LogP contribution in [0.3, 0.4) is 0 Å². The molecule has 2 rings (SSSR count). The van der Waals surface area contributed by atoms with Crippen molar-refractivity contribution in [1.29, 1.82) is 0 Å². The lowest BCUT2D eigenvalue weighted by Crippen LogP contribution is -2.28. The third-order valence-electron chi connectivity index (χ3n) is 3.20. The topological polar surface area (TPSA) is 83.3 Å². The fraction of sp³-hybridized carbons (Fsp3) is 0.727. The molecule has 18 heavy (non-hydrogen) atoms. The summed E-state index contributed by atoms with van der Waals surface area (Å²) in [5, 5.41) is 19.4. The molecular formula is C11H19N5O2. The highest BCUT2D eigenvalue weighted by molar-refractivity contribution is 5.84. The first-order chi connectivity index (χ1) is 8.65. The normalized spacial score (nSPS) is 20.4. The Bertz CT molecular complexity index is 406. The van der Waals surface area contributed by atoms with Crippen LogP contribution < -0.4 is 5.32 Å². The molecule has 1 unspecified atom stereocenters. The highest BCUT2D eigenvalue weighted by atomic mass is 16.4. The van der Waals surface area contributed by atoms with E-state index in [0.29, 0.717) is 6.54 Å². The molecule has 100 valence electrons. The van der Waals surface area contributed by atoms with Crippen LogP contribution in [-0.2, 0) is 6.54 Å². The van der Waals surface area contributed by atoms with E-state index in [4.69, 9.17) is 5.11 Å². The van der Waals surface area contributed by atoms with Crippen molar-refractivity contribution in [2.45, 2.75) is 13.0 Å². The van der Waals surface area contributed by atoms with Gasteiger partial charge in [0.05, 0.1) is 12.7 Å². The lowest BCUT2D eigenvalue weighted by molar-refractivity contribution is 0.0690. The van der Waals surface area contributed by atoms with Crippen molar-refractivity contribution >= 4 is 5.97 Å². The second-order valence-corrected chi connectivity index (χ2v) is 4.79. The molecule has 2 N–H and O–H groups in total. The van der Waals surface area contributed by atoms with E-state index in [1.165, 1.54) is 19.2 Å². The highest BCUT2D eigenvalue weighted by Gasteiger charge is 2.18. The Kier molecular flexibility index (Phi) is 4.27. The molecule has 1 aliphatic rings. The molecular weight excluding hydrogens is 234 g/mol. The number of likely N-dealkylation sites (tertiary alicyclic amines) is 1. The molecule has 2 heterocycles. The number of aromatic nitrogens is 3. The van der Waals surface area contributed by atoms with Gasteiger partial charge in [-0.2, -0.15) is 0 Å². The van der Waals surface area contributed by atoms with Gasteiger partial charge in [0.15, 0.2) is 5.69 Å². The maximum Gasteiger partial charge on any atom is 0.358 e. The van der Waals surface area contributed by atoms with E-state index in [1.807, 2.05) is 0 Å². The highest BCUT2D eigenvalue weighted by Crippen LogP contribution is 2.12. The van der Waals surface area contributed by atoms with Gasteiger partial charge in [0, 0.05) is 13.1 Å². The first-order valence-corrected chi connectivity index (χ1v) is 6.18. The van der Waals surface area contributed by atoms with E-state index in [1.54, 1.807) is 4.68 Å². The molecule has 1 aromatic rings. The van der Waals surface area contributed by atoms with Crippen molar-refractivity contribution in [1.82, 2.24) is 25.2 Å². The average Bonchev–Trinajstić information content (AvgIpc) is 2.93. The lowest BCUT2D eigenvalue weighted by atomic mass is 10.1. The van der Waals surface area contributed by atoms with Crippen molar-refractivity contribution in [3.8, 4) is 0 Å². The van der Waals surface area contributed by atoms with Crippen LogP contribution in [-0.4, -0.2) is 64.2 Å². The first kappa shape index (κ1) is 13.0. The minimum absolute atomic E-state index is 0.00702. The quantitative estimate of drug-likeness (QED) is 0.666. The zero-order valence-corrected chi connectivity index (χ0v) is 10.5. The van der Waals surface area contributed by atoms with E-state index >= 15 is 0 Å². The van der Waals surface area contributed by atoms with Crippen molar-refractivity contribution in [2.24, 2.45) is 5.92 Å². The summed E-state index contributed by atoms with van der Waals surface area (Å²) < 4.78 is 1.55. The summed E-state index contributed by atoms with van der Waals surface area (Å²) in [6.07, 6.45) is 2.70. The maximum absolute atomic E-state index is 10.6. The van der Waals surface area contributed by atoms with Gasteiger partial charge in [0.2, 0.25) is 0 Å². The summed E-state index contributed by atoms with van der Waals surface area (Å²) in [5.74, 6) is -0.316. The summed E-state index contributed by atoms with van der Waals surface area (Å²) in [4.78, 5) is 12.9. The third kappa shape index (κ3) is 3.51. The molecule has 0 spiro atoms. The molecule has 1 fully saturated rings. The third-order valence-corrected chi connectivity index (χ3v) is 3.20. The Morgan fingerprint density at radius 3 is 3.11 bits per heavy atom. The van der Waals surface area contributed by atoms with Crippen molar-refractivity contribution in [2.75, 3.05) is 33.2 Å². The summed E-state index contributed by atoms with van der Waals surface area (Å²) >= 11 is 0. The van der Waals surface area contributed by atoms with Crippen LogP contribution in [0.5, 0.6) is 0 Å². The lowest BCUT2D eigenvalue weighted by Gasteiger charge is -2.11. The van der Waals surface area contributed by atoms with Crippen LogP contribution in [0.1, 0.15) is 16.9 Å². The van der Waals surface area contributed by atoms with Crippen LogP contribution in [0.4, 0.5) is 0 Å². The molecule has 0 aliphatic carbocycles. The van der Waals surface area contributed by atoms with E-state index in [0.717, 1.165) is 25.6 Å². The van der Waals surface area contributed by atoms with E-state index in [2.05, 4.69) is 27.6 Å². The number of hydrogen-bond acceptors (Lipinski definition) is 5. The van der Waals surface area contributed by atoms with Gasteiger partial charge in [0.25, 0.3) is 0 Å². The first-order valence-electron chi connectivity index (χ1n) is 6.18.